The van der Waals surface area contributed by atoms with Crippen molar-refractivity contribution in [3.63, 3.8) is 0 Å². The molecule has 3 aromatic rings. The van der Waals surface area contributed by atoms with Crippen molar-refractivity contribution in [1.82, 2.24) is 19.7 Å². The van der Waals surface area contributed by atoms with Gasteiger partial charge in [0, 0.05) is 43.5 Å². The Kier molecular flexibility index (Phi) is 6.97. The van der Waals surface area contributed by atoms with Gasteiger partial charge in [-0.15, -0.1) is 0 Å². The van der Waals surface area contributed by atoms with Crippen molar-refractivity contribution >= 4 is 34.8 Å². The van der Waals surface area contributed by atoms with Crippen molar-refractivity contribution in [2.24, 2.45) is 0 Å². The van der Waals surface area contributed by atoms with Gasteiger partial charge in [-0.2, -0.15) is 5.10 Å². The molecular formula is C23H24ClFN6O3. The normalized spacial score (nSPS) is 14.2. The smallest absolute Gasteiger partial charge is 0.243 e. The number of nitrogens with one attached hydrogen (secondary N) is 1. The zero-order chi connectivity index (χ0) is 24.2. The van der Waals surface area contributed by atoms with Crippen LogP contribution in [0.1, 0.15) is 12.2 Å². The second kappa shape index (κ2) is 10.1. The highest BCUT2D eigenvalue weighted by Gasteiger charge is 2.24. The number of halogens is 2. The van der Waals surface area contributed by atoms with Gasteiger partial charge < -0.3 is 19.9 Å². The van der Waals surface area contributed by atoms with Gasteiger partial charge in [0.05, 0.1) is 18.7 Å². The van der Waals surface area contributed by atoms with Crippen molar-refractivity contribution in [1.29, 1.82) is 0 Å². The number of carbonyl (C=O) groups excluding carboxylic acids is 2. The molecule has 9 nitrogen and oxygen atoms in total. The van der Waals surface area contributed by atoms with Gasteiger partial charge in [-0.3, -0.25) is 9.59 Å². The maximum atomic E-state index is 13.3. The number of amides is 2. The summed E-state index contributed by atoms with van der Waals surface area (Å²) in [5.74, 6) is 0.231. The predicted molar refractivity (Wildman–Crippen MR) is 126 cm³/mol. The molecule has 0 unspecified atom stereocenters. The van der Waals surface area contributed by atoms with E-state index < -0.39 is 5.82 Å². The van der Waals surface area contributed by atoms with E-state index in [0.29, 0.717) is 36.9 Å². The van der Waals surface area contributed by atoms with Crippen LogP contribution in [0.4, 0.5) is 15.8 Å². The molecule has 1 aliphatic heterocycles. The molecule has 0 radical (unpaired) electrons. The number of anilines is 2. The van der Waals surface area contributed by atoms with Crippen LogP contribution >= 0.6 is 11.6 Å². The molecule has 1 aromatic heterocycles. The van der Waals surface area contributed by atoms with E-state index in [1.54, 1.807) is 18.1 Å². The number of nitrogens with zero attached hydrogens (tertiary/aromatic N) is 5. The van der Waals surface area contributed by atoms with Gasteiger partial charge in [0.25, 0.3) is 0 Å². The lowest BCUT2D eigenvalue weighted by Gasteiger charge is -2.24. The summed E-state index contributed by atoms with van der Waals surface area (Å²) < 4.78 is 20.5. The highest BCUT2D eigenvalue weighted by Crippen LogP contribution is 2.29. The number of carbonyl (C=O) groups is 2. The van der Waals surface area contributed by atoms with Crippen LogP contribution in [0.25, 0.3) is 5.69 Å². The van der Waals surface area contributed by atoms with Gasteiger partial charge in [0.1, 0.15) is 29.4 Å². The van der Waals surface area contributed by atoms with E-state index in [4.69, 9.17) is 16.3 Å². The molecule has 0 spiro atoms. The molecule has 11 heteroatoms. The fourth-order valence-corrected chi connectivity index (χ4v) is 3.93. The van der Waals surface area contributed by atoms with Gasteiger partial charge in [0.15, 0.2) is 0 Å². The first-order valence-corrected chi connectivity index (χ1v) is 11.1. The van der Waals surface area contributed by atoms with E-state index in [9.17, 15) is 14.0 Å². The molecule has 178 valence electrons. The summed E-state index contributed by atoms with van der Waals surface area (Å²) in [7, 11) is 1.59. The van der Waals surface area contributed by atoms with Crippen molar-refractivity contribution in [3.8, 4) is 11.4 Å². The average molecular weight is 487 g/mol. The summed E-state index contributed by atoms with van der Waals surface area (Å²) in [5, 5.41) is 6.90. The van der Waals surface area contributed by atoms with E-state index in [2.05, 4.69) is 20.3 Å². The van der Waals surface area contributed by atoms with E-state index in [1.165, 1.54) is 23.1 Å². The zero-order valence-electron chi connectivity index (χ0n) is 18.8. The maximum Gasteiger partial charge on any atom is 0.243 e. The Morgan fingerprint density at radius 3 is 2.74 bits per heavy atom. The second-order valence-corrected chi connectivity index (χ2v) is 8.23. The van der Waals surface area contributed by atoms with Crippen LogP contribution in [0, 0.1) is 12.7 Å². The standard InChI is InChI=1S/C23H24ClFN6O3/c1-15-26-14-31(28-15)20-6-4-17(12-21(20)34-2)29-8-7-23(33)30(10-9-29)13-22(32)27-16-3-5-19(25)18(24)11-16/h3-6,11-12,14H,7-10,13H2,1-2H3,(H,27,32). The molecule has 0 aliphatic carbocycles. The molecule has 1 aliphatic rings. The lowest BCUT2D eigenvalue weighted by atomic mass is 10.2. The third-order valence-corrected chi connectivity index (χ3v) is 5.80. The molecule has 0 bridgehead atoms. The third-order valence-electron chi connectivity index (χ3n) is 5.51. The van der Waals surface area contributed by atoms with E-state index in [0.717, 1.165) is 11.4 Å². The molecule has 2 heterocycles. The number of benzene rings is 2. The lowest BCUT2D eigenvalue weighted by molar-refractivity contribution is -0.133. The highest BCUT2D eigenvalue weighted by molar-refractivity contribution is 6.31. The molecule has 1 fully saturated rings. The molecule has 4 rings (SSSR count). The molecule has 1 saturated heterocycles. The van der Waals surface area contributed by atoms with E-state index >= 15 is 0 Å². The Morgan fingerprint density at radius 2 is 2.03 bits per heavy atom. The summed E-state index contributed by atoms with van der Waals surface area (Å²) in [6.07, 6.45) is 1.89. The minimum Gasteiger partial charge on any atom is -0.494 e. The summed E-state index contributed by atoms with van der Waals surface area (Å²) in [6, 6.07) is 9.67. The van der Waals surface area contributed by atoms with Crippen molar-refractivity contribution in [3.05, 3.63) is 59.4 Å². The number of aromatic nitrogens is 3. The first kappa shape index (κ1) is 23.5. The number of ether oxygens (including phenoxy) is 1. The number of aryl methyl sites for hydroxylation is 1. The van der Waals surface area contributed by atoms with Crippen LogP contribution in [0.3, 0.4) is 0 Å². The fraction of sp³-hybridized carbons (Fsp3) is 0.304. The lowest BCUT2D eigenvalue weighted by Crippen LogP contribution is -2.39. The Bertz CT molecular complexity index is 1220. The van der Waals surface area contributed by atoms with Gasteiger partial charge in [0.2, 0.25) is 11.8 Å². The van der Waals surface area contributed by atoms with Crippen LogP contribution in [0.15, 0.2) is 42.7 Å². The van der Waals surface area contributed by atoms with Gasteiger partial charge in [-0.25, -0.2) is 14.1 Å². The second-order valence-electron chi connectivity index (χ2n) is 7.82. The van der Waals surface area contributed by atoms with Crippen molar-refractivity contribution in [2.45, 2.75) is 13.3 Å². The molecule has 2 aromatic carbocycles. The van der Waals surface area contributed by atoms with Gasteiger partial charge in [-0.05, 0) is 37.3 Å². The van der Waals surface area contributed by atoms with Crippen molar-refractivity contribution < 1.29 is 18.7 Å². The first-order valence-electron chi connectivity index (χ1n) is 10.7. The fourth-order valence-electron chi connectivity index (χ4n) is 3.75. The Labute approximate surface area is 201 Å². The third kappa shape index (κ3) is 5.28. The Hall–Kier alpha value is -3.66. The highest BCUT2D eigenvalue weighted by atomic mass is 35.5. The van der Waals surface area contributed by atoms with Crippen LogP contribution in [-0.2, 0) is 9.59 Å². The minimum absolute atomic E-state index is 0.0836. The van der Waals surface area contributed by atoms with E-state index in [1.807, 2.05) is 25.1 Å². The van der Waals surface area contributed by atoms with Crippen LogP contribution in [0.2, 0.25) is 5.02 Å². The first-order chi connectivity index (χ1) is 16.3. The molecule has 34 heavy (non-hydrogen) atoms. The maximum absolute atomic E-state index is 13.3. The summed E-state index contributed by atoms with van der Waals surface area (Å²) >= 11 is 5.76. The molecule has 0 saturated carbocycles. The minimum atomic E-state index is -0.566. The average Bonchev–Trinajstić information content (AvgIpc) is 3.17. The summed E-state index contributed by atoms with van der Waals surface area (Å²) in [5.41, 5.74) is 2.03. The predicted octanol–water partition coefficient (Wildman–Crippen LogP) is 3.05. The number of hydrogen-bond acceptors (Lipinski definition) is 6. The zero-order valence-corrected chi connectivity index (χ0v) is 19.5. The van der Waals surface area contributed by atoms with Gasteiger partial charge in [-0.1, -0.05) is 11.6 Å². The Balaban J connectivity index is 1.42. The summed E-state index contributed by atoms with van der Waals surface area (Å²) in [6.45, 7) is 3.15. The number of methoxy groups -OCH3 is 1. The number of hydrogen-bond donors (Lipinski definition) is 1. The van der Waals surface area contributed by atoms with Gasteiger partial charge >= 0.3 is 0 Å². The Morgan fingerprint density at radius 1 is 1.21 bits per heavy atom. The molecular weight excluding hydrogens is 463 g/mol. The van der Waals surface area contributed by atoms with Crippen LogP contribution in [0.5, 0.6) is 5.75 Å². The molecule has 0 atom stereocenters. The van der Waals surface area contributed by atoms with Crippen molar-refractivity contribution in [2.75, 3.05) is 43.5 Å². The molecule has 1 N–H and O–H groups in total. The topological polar surface area (TPSA) is 92.6 Å². The quantitative estimate of drug-likeness (QED) is 0.575. The largest absolute Gasteiger partial charge is 0.494 e. The van der Waals surface area contributed by atoms with Crippen LogP contribution < -0.4 is 15.0 Å². The summed E-state index contributed by atoms with van der Waals surface area (Å²) in [4.78, 5) is 32.9. The van der Waals surface area contributed by atoms with E-state index in [-0.39, 0.29) is 29.8 Å². The SMILES string of the molecule is COc1cc(N2CCC(=O)N(CC(=O)Nc3ccc(F)c(Cl)c3)CC2)ccc1-n1cnc(C)n1. The molecule has 2 amide bonds. The monoisotopic (exact) mass is 486 g/mol. The number of rotatable bonds is 6. The van der Waals surface area contributed by atoms with Crippen LogP contribution in [-0.4, -0.2) is 64.8 Å².